The van der Waals surface area contributed by atoms with Crippen molar-refractivity contribution in [2.75, 3.05) is 52.4 Å². The Labute approximate surface area is 462 Å². The maximum Gasteiger partial charge on any atom is 0.269 e. The molecule has 1 aromatic heterocycles. The second kappa shape index (κ2) is 36.6. The number of rotatable bonds is 37. The van der Waals surface area contributed by atoms with E-state index in [1.807, 2.05) is 0 Å². The van der Waals surface area contributed by atoms with Gasteiger partial charge in [0.1, 0.15) is 47.7 Å². The lowest BCUT2D eigenvalue weighted by Gasteiger charge is -2.28. The van der Waals surface area contributed by atoms with Crippen LogP contribution in [0.2, 0.25) is 0 Å². The number of hydrogen-bond donors (Lipinski definition) is 19. The maximum absolute atomic E-state index is 14.3. The quantitative estimate of drug-likeness (QED) is 0.0127. The molecular weight excluding hydrogens is 1050 g/mol. The van der Waals surface area contributed by atoms with Crippen LogP contribution in [-0.2, 0) is 54.4 Å². The summed E-state index contributed by atoms with van der Waals surface area (Å²) in [6.45, 7) is 0.0311. The summed E-state index contributed by atoms with van der Waals surface area (Å²) in [4.78, 5) is 151. The lowest BCUT2D eigenvalue weighted by Crippen LogP contribution is -2.63. The number of aliphatic hydroxyl groups is 2. The average molecular weight is 1130 g/mol. The van der Waals surface area contributed by atoms with Gasteiger partial charge in [-0.2, -0.15) is 0 Å². The van der Waals surface area contributed by atoms with Crippen molar-refractivity contribution in [3.05, 3.63) is 30.0 Å². The van der Waals surface area contributed by atoms with E-state index in [2.05, 4.69) is 57.2 Å². The Morgan fingerprint density at radius 3 is 1.99 bits per heavy atom. The minimum atomic E-state index is -1.85. The number of amides is 10. The number of carbonyl (C=O) groups is 10. The van der Waals surface area contributed by atoms with Crippen LogP contribution >= 0.6 is 0 Å². The van der Waals surface area contributed by atoms with Gasteiger partial charge in [-0.05, 0) is 90.8 Å². The van der Waals surface area contributed by atoms with Gasteiger partial charge in [0, 0.05) is 44.5 Å². The first-order valence-electron chi connectivity index (χ1n) is 26.2. The molecule has 80 heavy (non-hydrogen) atoms. The third kappa shape index (κ3) is 23.8. The Hall–Kier alpha value is -7.53. The van der Waals surface area contributed by atoms with Gasteiger partial charge in [-0.15, -0.1) is 0 Å². The molecule has 2 heterocycles. The molecule has 0 spiro atoms. The van der Waals surface area contributed by atoms with E-state index in [4.69, 9.17) is 51.6 Å². The number of primary amides is 1. The molecule has 33 heteroatoms. The van der Waals surface area contributed by atoms with Crippen LogP contribution in [0, 0.1) is 0 Å². The average Bonchev–Trinajstić information content (AvgIpc) is 4.15. The summed E-state index contributed by atoms with van der Waals surface area (Å²) in [5.41, 5.74) is 50.0. The van der Waals surface area contributed by atoms with Gasteiger partial charge in [0.25, 0.3) is 17.7 Å². The second-order valence-electron chi connectivity index (χ2n) is 18.7. The number of likely N-dealkylation sites (tertiary alicyclic amines) is 1. The Morgan fingerprint density at radius 1 is 0.775 bits per heavy atom. The number of aliphatic imine (C=N–C) groups is 2. The molecule has 1 fully saturated rings. The number of H-pyrrole nitrogens is 1. The molecule has 0 saturated carbocycles. The van der Waals surface area contributed by atoms with E-state index in [1.165, 1.54) is 25.5 Å². The standard InChI is InChI=1S/C47H83N21O12/c1-25(38(54)72)61-40(74)29(12-7-17-58-47(55)56)63-41(75)28(10-3-5-15-49)64-42(76)31(19-26-22-57-24-60-26)65-43(77)32-13-8-18-68(32)46(80)30(11-6-16-50)62-35(71)23-59-44(78)36(33(69)20-51)67-45(79)37(34(70)21-52)66-39(73)27(53)9-2-4-14-48/h12,22,24-25,27-28,31-34,36-37,69-70H,2-11,13-21,23,48-53H2,1H3,(H2,54,72)(H,57,60)(H,59,78)(H,61,74)(H,63,75)(H,64,76)(H,65,77)(H,66,73)(H,67,79)(H4,55,56,58)/b29-12-,62-30?/t25-,27-,28-,31-,32-,33-,34-,36-,37-/m0/s1. The molecule has 10 amide bonds. The minimum absolute atomic E-state index is 0.0107. The van der Waals surface area contributed by atoms with Crippen molar-refractivity contribution >= 4 is 70.7 Å². The van der Waals surface area contributed by atoms with E-state index in [0.29, 0.717) is 44.3 Å². The van der Waals surface area contributed by atoms with Crippen LogP contribution in [0.25, 0.3) is 0 Å². The highest BCUT2D eigenvalue weighted by Crippen LogP contribution is 2.20. The van der Waals surface area contributed by atoms with Gasteiger partial charge >= 0.3 is 0 Å². The SMILES string of the molecule is C[C@H](NC(=O)/C(=C/CCN=C(N)N)NC(=O)[C@H](CCCCN)NC(=O)[C@H](Cc1cnc[nH]1)NC(=O)[C@@H]1CCCN1C(=O)C(CCCN)=NC(=O)CNC(=O)[C@@H](NC(=O)[C@@H](NC(=O)[C@@H](N)CCCCN)[C@@H](O)CN)[C@@H](O)CN)C(N)=O. The zero-order valence-electron chi connectivity index (χ0n) is 45.0. The smallest absolute Gasteiger partial charge is 0.269 e. The molecule has 1 saturated heterocycles. The fraction of sp³-hybridized carbons (Fsp3) is 0.638. The molecule has 0 radical (unpaired) electrons. The Morgan fingerprint density at radius 2 is 1.40 bits per heavy atom. The summed E-state index contributed by atoms with van der Waals surface area (Å²) < 4.78 is 0. The lowest BCUT2D eigenvalue weighted by atomic mass is 10.1. The molecule has 0 unspecified atom stereocenters. The minimum Gasteiger partial charge on any atom is -0.389 e. The Kier molecular flexibility index (Phi) is 31.4. The van der Waals surface area contributed by atoms with Crippen LogP contribution in [0.15, 0.2) is 34.3 Å². The summed E-state index contributed by atoms with van der Waals surface area (Å²) in [5, 5.41) is 38.1. The number of carbonyl (C=O) groups excluding carboxylic acids is 10. The predicted octanol–water partition coefficient (Wildman–Crippen LogP) is -9.42. The summed E-state index contributed by atoms with van der Waals surface area (Å²) in [6, 6.07) is -9.78. The number of nitrogens with zero attached hydrogens (tertiary/aromatic N) is 4. The zero-order valence-corrected chi connectivity index (χ0v) is 45.0. The fourth-order valence-corrected chi connectivity index (χ4v) is 7.77. The van der Waals surface area contributed by atoms with E-state index in [0.717, 1.165) is 4.90 Å². The zero-order chi connectivity index (χ0) is 59.9. The number of guanidine groups is 1. The van der Waals surface area contributed by atoms with Crippen molar-refractivity contribution in [2.24, 2.45) is 61.6 Å². The molecule has 1 aromatic rings. The third-order valence-corrected chi connectivity index (χ3v) is 12.3. The summed E-state index contributed by atoms with van der Waals surface area (Å²) in [7, 11) is 0. The number of imidazole rings is 1. The van der Waals surface area contributed by atoms with E-state index < -0.39 is 133 Å². The number of unbranched alkanes of at least 4 members (excludes halogenated alkanes) is 2. The lowest BCUT2D eigenvalue weighted by molar-refractivity contribution is -0.136. The number of nitrogens with two attached hydrogens (primary N) is 9. The van der Waals surface area contributed by atoms with Crippen molar-refractivity contribution in [3.8, 4) is 0 Å². The first kappa shape index (κ1) is 68.6. The Balaban J connectivity index is 2.37. The molecule has 1 aliphatic rings. The van der Waals surface area contributed by atoms with Gasteiger partial charge in [-0.3, -0.25) is 52.9 Å². The number of hydrogen-bond acceptors (Lipinski definition) is 20. The van der Waals surface area contributed by atoms with Crippen LogP contribution in [0.1, 0.15) is 83.2 Å². The van der Waals surface area contributed by atoms with Crippen molar-refractivity contribution in [1.82, 2.24) is 52.1 Å². The molecule has 2 rings (SSSR count). The molecule has 1 aliphatic heterocycles. The summed E-state index contributed by atoms with van der Waals surface area (Å²) >= 11 is 0. The predicted molar refractivity (Wildman–Crippen MR) is 291 cm³/mol. The van der Waals surface area contributed by atoms with E-state index >= 15 is 0 Å². The second-order valence-corrected chi connectivity index (χ2v) is 18.7. The van der Waals surface area contributed by atoms with Crippen LogP contribution in [0.4, 0.5) is 0 Å². The highest BCUT2D eigenvalue weighted by atomic mass is 16.3. The number of aliphatic hydroxyl groups excluding tert-OH is 2. The maximum atomic E-state index is 14.3. The van der Waals surface area contributed by atoms with Crippen LogP contribution in [0.3, 0.4) is 0 Å². The normalized spacial score (nSPS) is 16.5. The van der Waals surface area contributed by atoms with Crippen molar-refractivity contribution < 1.29 is 58.2 Å². The van der Waals surface area contributed by atoms with Crippen LogP contribution in [-0.4, -0.2) is 203 Å². The van der Waals surface area contributed by atoms with E-state index in [-0.39, 0.29) is 88.5 Å². The van der Waals surface area contributed by atoms with Gasteiger partial charge in [0.15, 0.2) is 5.96 Å². The highest BCUT2D eigenvalue weighted by Gasteiger charge is 2.39. The van der Waals surface area contributed by atoms with Crippen molar-refractivity contribution in [1.29, 1.82) is 0 Å². The summed E-state index contributed by atoms with van der Waals surface area (Å²) in [5.74, 6) is -9.50. The van der Waals surface area contributed by atoms with Gasteiger partial charge in [0.2, 0.25) is 41.4 Å². The molecule has 28 N–H and O–H groups in total. The summed E-state index contributed by atoms with van der Waals surface area (Å²) in [6.07, 6.45) is 2.94. The first-order valence-corrected chi connectivity index (χ1v) is 26.2. The molecule has 0 aromatic carbocycles. The fourth-order valence-electron chi connectivity index (χ4n) is 7.77. The molecule has 9 atom stereocenters. The van der Waals surface area contributed by atoms with Gasteiger partial charge in [-0.1, -0.05) is 12.5 Å². The van der Waals surface area contributed by atoms with E-state index in [1.54, 1.807) is 0 Å². The number of nitrogens with one attached hydrogen (secondary N) is 8. The van der Waals surface area contributed by atoms with Crippen LogP contribution < -0.4 is 88.8 Å². The van der Waals surface area contributed by atoms with Gasteiger partial charge in [-0.25, -0.2) is 9.98 Å². The van der Waals surface area contributed by atoms with E-state index in [9.17, 15) is 58.2 Å². The number of aromatic nitrogens is 2. The largest absolute Gasteiger partial charge is 0.389 e. The molecule has 0 bridgehead atoms. The Bertz CT molecular complexity index is 2310. The third-order valence-electron chi connectivity index (χ3n) is 12.3. The van der Waals surface area contributed by atoms with Crippen molar-refractivity contribution in [3.63, 3.8) is 0 Å². The topological polar surface area (TPSA) is 586 Å². The monoisotopic (exact) mass is 1130 g/mol. The highest BCUT2D eigenvalue weighted by molar-refractivity contribution is 6.40. The first-order chi connectivity index (χ1) is 38.0. The van der Waals surface area contributed by atoms with Crippen molar-refractivity contribution in [2.45, 2.75) is 138 Å². The van der Waals surface area contributed by atoms with Gasteiger partial charge < -0.3 is 109 Å². The molecule has 0 aliphatic carbocycles. The molecule has 33 nitrogen and oxygen atoms in total. The number of aromatic amines is 1. The molecular formula is C47H83N21O12. The van der Waals surface area contributed by atoms with Crippen LogP contribution in [0.5, 0.6) is 0 Å². The molecule has 448 valence electrons. The van der Waals surface area contributed by atoms with Gasteiger partial charge in [0.05, 0.1) is 31.1 Å².